The first-order valence-electron chi connectivity index (χ1n) is 7.63. The topological polar surface area (TPSA) is 121 Å². The van der Waals surface area contributed by atoms with Crippen LogP contribution in [0.5, 0.6) is 0 Å². The van der Waals surface area contributed by atoms with Crippen molar-refractivity contribution in [3.8, 4) is 12.0 Å². The zero-order valence-electron chi connectivity index (χ0n) is 13.9. The van der Waals surface area contributed by atoms with Crippen LogP contribution in [0.3, 0.4) is 0 Å². The number of hydrogen-bond acceptors (Lipinski definition) is 6. The first-order valence-corrected chi connectivity index (χ1v) is 7.63. The molecule has 1 aromatic carbocycles. The summed E-state index contributed by atoms with van der Waals surface area (Å²) < 4.78 is 28.6. The predicted octanol–water partition coefficient (Wildman–Crippen LogP) is 2.09. The van der Waals surface area contributed by atoms with Gasteiger partial charge in [0, 0.05) is 18.1 Å². The largest absolute Gasteiger partial charge is 0.328 e. The van der Waals surface area contributed by atoms with Crippen LogP contribution in [-0.2, 0) is 0 Å². The van der Waals surface area contributed by atoms with Crippen LogP contribution in [0, 0.1) is 23.0 Å². The monoisotopic (exact) mass is 370 g/mol. The van der Waals surface area contributed by atoms with Gasteiger partial charge >= 0.3 is 6.03 Å². The molecular formula is C16H12F2N8O. The fraction of sp³-hybridized carbons (Fsp3) is 0.125. The van der Waals surface area contributed by atoms with Gasteiger partial charge in [-0.3, -0.25) is 0 Å². The number of amides is 2. The molecule has 2 heterocycles. The molecule has 0 bridgehead atoms. The molecule has 0 saturated carbocycles. The van der Waals surface area contributed by atoms with Crippen LogP contribution < -0.4 is 10.6 Å². The molecule has 27 heavy (non-hydrogen) atoms. The molecule has 2 amide bonds. The lowest BCUT2D eigenvalue weighted by molar-refractivity contribution is 0.248. The van der Waals surface area contributed by atoms with E-state index in [0.717, 1.165) is 12.1 Å². The first kappa shape index (κ1) is 17.9. The third-order valence-electron chi connectivity index (χ3n) is 3.46. The van der Waals surface area contributed by atoms with E-state index in [0.29, 0.717) is 5.82 Å². The van der Waals surface area contributed by atoms with Crippen molar-refractivity contribution in [2.45, 2.75) is 13.0 Å². The second-order valence-corrected chi connectivity index (χ2v) is 5.33. The molecule has 0 aliphatic rings. The molecule has 0 aliphatic heterocycles. The van der Waals surface area contributed by atoms with Gasteiger partial charge in [-0.2, -0.15) is 15.0 Å². The SMILES string of the molecule is CC(NC(=O)Nc1cc(F)c(C#N)c(F)c1)c1ncnn1-c1ncccn1. The van der Waals surface area contributed by atoms with Crippen molar-refractivity contribution in [2.24, 2.45) is 0 Å². The van der Waals surface area contributed by atoms with Gasteiger partial charge < -0.3 is 10.6 Å². The maximum absolute atomic E-state index is 13.6. The van der Waals surface area contributed by atoms with Crippen molar-refractivity contribution < 1.29 is 13.6 Å². The molecule has 1 atom stereocenters. The van der Waals surface area contributed by atoms with E-state index in [1.165, 1.54) is 29.5 Å². The van der Waals surface area contributed by atoms with E-state index in [2.05, 4.69) is 30.7 Å². The second-order valence-electron chi connectivity index (χ2n) is 5.33. The van der Waals surface area contributed by atoms with Crippen molar-refractivity contribution in [2.75, 3.05) is 5.32 Å². The summed E-state index contributed by atoms with van der Waals surface area (Å²) in [5.41, 5.74) is -0.855. The van der Waals surface area contributed by atoms with Gasteiger partial charge in [0.2, 0.25) is 0 Å². The molecule has 1 unspecified atom stereocenters. The van der Waals surface area contributed by atoms with Crippen LogP contribution >= 0.6 is 0 Å². The van der Waals surface area contributed by atoms with Crippen molar-refractivity contribution in [1.82, 2.24) is 30.0 Å². The van der Waals surface area contributed by atoms with Gasteiger partial charge in [-0.15, -0.1) is 0 Å². The number of halogens is 2. The Hall–Kier alpha value is -3.94. The number of anilines is 1. The first-order chi connectivity index (χ1) is 13.0. The molecule has 0 radical (unpaired) electrons. The summed E-state index contributed by atoms with van der Waals surface area (Å²) in [6.45, 7) is 1.64. The molecule has 136 valence electrons. The minimum Gasteiger partial charge on any atom is -0.328 e. The molecular weight excluding hydrogens is 358 g/mol. The minimum atomic E-state index is -1.07. The number of urea groups is 1. The number of benzene rings is 1. The van der Waals surface area contributed by atoms with E-state index in [9.17, 15) is 13.6 Å². The third kappa shape index (κ3) is 3.84. The van der Waals surface area contributed by atoms with E-state index in [4.69, 9.17) is 5.26 Å². The lowest BCUT2D eigenvalue weighted by Gasteiger charge is -2.14. The highest BCUT2D eigenvalue weighted by atomic mass is 19.1. The number of aromatic nitrogens is 5. The molecule has 0 aliphatic carbocycles. The Morgan fingerprint density at radius 3 is 2.52 bits per heavy atom. The lowest BCUT2D eigenvalue weighted by atomic mass is 10.2. The summed E-state index contributed by atoms with van der Waals surface area (Å²) in [4.78, 5) is 24.3. The normalized spacial score (nSPS) is 11.5. The Labute approximate surface area is 151 Å². The quantitative estimate of drug-likeness (QED) is 0.725. The summed E-state index contributed by atoms with van der Waals surface area (Å²) in [7, 11) is 0. The fourth-order valence-corrected chi connectivity index (χ4v) is 2.28. The number of carbonyl (C=O) groups excluding carboxylic acids is 1. The summed E-state index contributed by atoms with van der Waals surface area (Å²) in [6.07, 6.45) is 4.35. The van der Waals surface area contributed by atoms with Crippen LogP contribution in [-0.4, -0.2) is 30.8 Å². The fourth-order valence-electron chi connectivity index (χ4n) is 2.28. The number of rotatable bonds is 4. The summed E-state index contributed by atoms with van der Waals surface area (Å²) in [6, 6.07) is 3.41. The van der Waals surface area contributed by atoms with E-state index in [1.54, 1.807) is 13.0 Å². The molecule has 3 aromatic rings. The maximum atomic E-state index is 13.6. The Bertz CT molecular complexity index is 992. The van der Waals surface area contributed by atoms with Crippen molar-refractivity contribution >= 4 is 11.7 Å². The van der Waals surface area contributed by atoms with E-state index in [-0.39, 0.29) is 11.6 Å². The van der Waals surface area contributed by atoms with Gasteiger partial charge in [0.25, 0.3) is 5.95 Å². The Morgan fingerprint density at radius 2 is 1.89 bits per heavy atom. The molecule has 2 aromatic heterocycles. The third-order valence-corrected chi connectivity index (χ3v) is 3.46. The molecule has 3 rings (SSSR count). The van der Waals surface area contributed by atoms with Crippen molar-refractivity contribution in [1.29, 1.82) is 5.26 Å². The summed E-state index contributed by atoms with van der Waals surface area (Å²) in [5.74, 6) is -1.51. The zero-order chi connectivity index (χ0) is 19.4. The molecule has 9 nitrogen and oxygen atoms in total. The molecule has 0 spiro atoms. The van der Waals surface area contributed by atoms with Gasteiger partial charge in [-0.25, -0.2) is 28.5 Å². The molecule has 0 fully saturated rings. The number of nitrogens with one attached hydrogen (secondary N) is 2. The summed E-state index contributed by atoms with van der Waals surface area (Å²) in [5, 5.41) is 17.6. The van der Waals surface area contributed by atoms with E-state index >= 15 is 0 Å². The van der Waals surface area contributed by atoms with Crippen LogP contribution in [0.1, 0.15) is 24.4 Å². The highest BCUT2D eigenvalue weighted by molar-refractivity contribution is 5.89. The highest BCUT2D eigenvalue weighted by Gasteiger charge is 2.19. The van der Waals surface area contributed by atoms with Crippen LogP contribution in [0.4, 0.5) is 19.3 Å². The van der Waals surface area contributed by atoms with Crippen molar-refractivity contribution in [3.05, 3.63) is 59.9 Å². The van der Waals surface area contributed by atoms with E-state index in [1.807, 2.05) is 0 Å². The van der Waals surface area contributed by atoms with Gasteiger partial charge in [0.05, 0.1) is 6.04 Å². The maximum Gasteiger partial charge on any atom is 0.319 e. The highest BCUT2D eigenvalue weighted by Crippen LogP contribution is 2.18. The predicted molar refractivity (Wildman–Crippen MR) is 88.6 cm³/mol. The Kier molecular flexibility index (Phi) is 4.98. The van der Waals surface area contributed by atoms with Crippen molar-refractivity contribution in [3.63, 3.8) is 0 Å². The second kappa shape index (κ2) is 7.52. The van der Waals surface area contributed by atoms with Crippen LogP contribution in [0.2, 0.25) is 0 Å². The van der Waals surface area contributed by atoms with Crippen LogP contribution in [0.15, 0.2) is 36.9 Å². The summed E-state index contributed by atoms with van der Waals surface area (Å²) >= 11 is 0. The smallest absolute Gasteiger partial charge is 0.319 e. The number of nitriles is 1. The standard InChI is InChI=1S/C16H12F2N8O/c1-9(14-22-8-23-26(14)15-20-3-2-4-21-15)24-16(27)25-10-5-12(17)11(7-19)13(18)6-10/h2-6,8-9H,1H3,(H2,24,25,27). The zero-order valence-corrected chi connectivity index (χ0v) is 13.9. The van der Waals surface area contributed by atoms with Gasteiger partial charge in [-0.05, 0) is 25.1 Å². The number of nitrogens with zero attached hydrogens (tertiary/aromatic N) is 6. The van der Waals surface area contributed by atoms with Gasteiger partial charge in [0.15, 0.2) is 5.82 Å². The Balaban J connectivity index is 1.73. The average molecular weight is 370 g/mol. The number of hydrogen-bond donors (Lipinski definition) is 2. The Morgan fingerprint density at radius 1 is 1.22 bits per heavy atom. The number of carbonyl (C=O) groups is 1. The van der Waals surface area contributed by atoms with Gasteiger partial charge in [-0.1, -0.05) is 0 Å². The lowest BCUT2D eigenvalue weighted by Crippen LogP contribution is -2.32. The molecule has 11 heteroatoms. The van der Waals surface area contributed by atoms with Gasteiger partial charge in [0.1, 0.15) is 29.6 Å². The van der Waals surface area contributed by atoms with Crippen LogP contribution in [0.25, 0.3) is 5.95 Å². The average Bonchev–Trinajstić information content (AvgIpc) is 3.12. The molecule has 2 N–H and O–H groups in total. The van der Waals surface area contributed by atoms with E-state index < -0.39 is 29.3 Å². The molecule has 0 saturated heterocycles. The minimum absolute atomic E-state index is 0.137.